The van der Waals surface area contributed by atoms with Gasteiger partial charge in [0.05, 0.1) is 11.8 Å². The number of hydrazone groups is 1. The lowest BCUT2D eigenvalue weighted by molar-refractivity contribution is 0.0734. The number of para-hydroxylation sites is 1. The number of aryl methyl sites for hydroxylation is 1. The third-order valence-corrected chi connectivity index (χ3v) is 4.52. The zero-order chi connectivity index (χ0) is 20.6. The highest BCUT2D eigenvalue weighted by atomic mass is 79.9. The Kier molecular flexibility index (Phi) is 7.10. The lowest BCUT2D eigenvalue weighted by Gasteiger charge is -2.09. The summed E-state index contributed by atoms with van der Waals surface area (Å²) in [6, 6.07) is 22.1. The Morgan fingerprint density at radius 1 is 1.07 bits per heavy atom. The van der Waals surface area contributed by atoms with Crippen LogP contribution in [-0.2, 0) is 0 Å². The van der Waals surface area contributed by atoms with Gasteiger partial charge in [0.2, 0.25) is 0 Å². The summed E-state index contributed by atoms with van der Waals surface area (Å²) in [5.74, 6) is -0.0351. The maximum absolute atomic E-state index is 12.5. The Morgan fingerprint density at radius 3 is 2.62 bits per heavy atom. The standard InChI is InChI=1S/C22H18BrN3O2S/c1-15-6-5-7-16(12-15)21(27)28-20-11-10-18(23)13-17(20)14-24-26-22(29)25-19-8-3-2-4-9-19/h2-14H,1H3,(H2,25,26,29)/b24-14+. The van der Waals surface area contributed by atoms with Crippen molar-refractivity contribution in [3.05, 3.63) is 94.0 Å². The van der Waals surface area contributed by atoms with Crippen molar-refractivity contribution in [3.8, 4) is 5.75 Å². The number of esters is 1. The number of carbonyl (C=O) groups excluding carboxylic acids is 1. The van der Waals surface area contributed by atoms with E-state index in [1.54, 1.807) is 36.5 Å². The molecule has 0 unspecified atom stereocenters. The van der Waals surface area contributed by atoms with Gasteiger partial charge in [-0.15, -0.1) is 0 Å². The summed E-state index contributed by atoms with van der Waals surface area (Å²) in [7, 11) is 0. The number of nitrogens with zero attached hydrogens (tertiary/aromatic N) is 1. The molecule has 0 amide bonds. The Hall–Kier alpha value is -3.03. The second-order valence-corrected chi connectivity index (χ2v) is 7.46. The molecule has 29 heavy (non-hydrogen) atoms. The zero-order valence-electron chi connectivity index (χ0n) is 15.6. The Labute approximate surface area is 182 Å². The number of hydrogen-bond acceptors (Lipinski definition) is 4. The molecule has 0 atom stereocenters. The van der Waals surface area contributed by atoms with Gasteiger partial charge in [0.25, 0.3) is 0 Å². The molecule has 5 nitrogen and oxygen atoms in total. The molecule has 3 rings (SSSR count). The van der Waals surface area contributed by atoms with Gasteiger partial charge in [-0.2, -0.15) is 5.10 Å². The number of benzene rings is 3. The normalized spacial score (nSPS) is 10.6. The molecule has 0 radical (unpaired) electrons. The fourth-order valence-corrected chi connectivity index (χ4v) is 3.03. The van der Waals surface area contributed by atoms with Gasteiger partial charge < -0.3 is 10.1 Å². The van der Waals surface area contributed by atoms with Gasteiger partial charge in [0, 0.05) is 15.7 Å². The molecule has 0 aromatic heterocycles. The van der Waals surface area contributed by atoms with E-state index in [0.29, 0.717) is 22.0 Å². The number of rotatable bonds is 5. The van der Waals surface area contributed by atoms with E-state index in [2.05, 4.69) is 31.8 Å². The number of carbonyl (C=O) groups is 1. The fraction of sp³-hybridized carbons (Fsp3) is 0.0455. The van der Waals surface area contributed by atoms with Gasteiger partial charge in [-0.3, -0.25) is 5.43 Å². The smallest absolute Gasteiger partial charge is 0.343 e. The predicted octanol–water partition coefficient (Wildman–Crippen LogP) is 5.30. The summed E-state index contributed by atoms with van der Waals surface area (Å²) in [6.45, 7) is 1.92. The molecule has 0 bridgehead atoms. The molecule has 0 fully saturated rings. The van der Waals surface area contributed by atoms with Crippen LogP contribution in [0.25, 0.3) is 0 Å². The van der Waals surface area contributed by atoms with E-state index >= 15 is 0 Å². The number of thiocarbonyl (C=S) groups is 1. The molecule has 0 heterocycles. The molecule has 0 aliphatic heterocycles. The summed E-state index contributed by atoms with van der Waals surface area (Å²) in [6.07, 6.45) is 1.54. The van der Waals surface area contributed by atoms with Crippen molar-refractivity contribution in [3.63, 3.8) is 0 Å². The minimum Gasteiger partial charge on any atom is -0.422 e. The second kappa shape index (κ2) is 9.95. The SMILES string of the molecule is Cc1cccc(C(=O)Oc2ccc(Br)cc2/C=N/NC(=S)Nc2ccccc2)c1. The average Bonchev–Trinajstić information content (AvgIpc) is 2.70. The molecule has 0 saturated heterocycles. The van der Waals surface area contributed by atoms with Gasteiger partial charge in [0.1, 0.15) is 5.75 Å². The second-order valence-electron chi connectivity index (χ2n) is 6.13. The molecular formula is C22H18BrN3O2S. The van der Waals surface area contributed by atoms with Crippen molar-refractivity contribution in [1.82, 2.24) is 5.43 Å². The van der Waals surface area contributed by atoms with E-state index in [0.717, 1.165) is 15.7 Å². The first kappa shape index (κ1) is 20.7. The highest BCUT2D eigenvalue weighted by Crippen LogP contribution is 2.23. The van der Waals surface area contributed by atoms with Gasteiger partial charge in [-0.25, -0.2) is 4.79 Å². The van der Waals surface area contributed by atoms with Crippen LogP contribution in [-0.4, -0.2) is 17.3 Å². The van der Waals surface area contributed by atoms with Crippen LogP contribution in [0.15, 0.2) is 82.4 Å². The number of hydrogen-bond donors (Lipinski definition) is 2. The molecule has 0 spiro atoms. The van der Waals surface area contributed by atoms with Crippen LogP contribution in [0.3, 0.4) is 0 Å². The summed E-state index contributed by atoms with van der Waals surface area (Å²) in [5, 5.41) is 7.52. The molecule has 0 aliphatic rings. The fourth-order valence-electron chi connectivity index (χ4n) is 2.48. The molecule has 3 aromatic carbocycles. The van der Waals surface area contributed by atoms with E-state index < -0.39 is 5.97 Å². The van der Waals surface area contributed by atoms with Crippen molar-refractivity contribution < 1.29 is 9.53 Å². The van der Waals surface area contributed by atoms with E-state index in [4.69, 9.17) is 17.0 Å². The van der Waals surface area contributed by atoms with Crippen LogP contribution < -0.4 is 15.5 Å². The van der Waals surface area contributed by atoms with Gasteiger partial charge in [0.15, 0.2) is 5.11 Å². The first-order valence-corrected chi connectivity index (χ1v) is 9.95. The third kappa shape index (κ3) is 6.23. The van der Waals surface area contributed by atoms with Crippen LogP contribution in [0.5, 0.6) is 5.75 Å². The maximum Gasteiger partial charge on any atom is 0.343 e. The van der Waals surface area contributed by atoms with Gasteiger partial charge >= 0.3 is 5.97 Å². The molecular weight excluding hydrogens is 450 g/mol. The lowest BCUT2D eigenvalue weighted by atomic mass is 10.1. The first-order valence-electron chi connectivity index (χ1n) is 8.75. The van der Waals surface area contributed by atoms with Crippen LogP contribution in [0.2, 0.25) is 0 Å². The van der Waals surface area contributed by atoms with Crippen LogP contribution >= 0.6 is 28.1 Å². The minimum atomic E-state index is -0.431. The number of halogens is 1. The maximum atomic E-state index is 12.5. The quantitative estimate of drug-likeness (QED) is 0.175. The van der Waals surface area contributed by atoms with E-state index in [1.807, 2.05) is 49.4 Å². The van der Waals surface area contributed by atoms with E-state index in [-0.39, 0.29) is 0 Å². The zero-order valence-corrected chi connectivity index (χ0v) is 18.0. The summed E-state index contributed by atoms with van der Waals surface area (Å²) < 4.78 is 6.40. The highest BCUT2D eigenvalue weighted by molar-refractivity contribution is 9.10. The van der Waals surface area contributed by atoms with Crippen molar-refractivity contribution in [2.45, 2.75) is 6.92 Å². The van der Waals surface area contributed by atoms with Crippen molar-refractivity contribution in [1.29, 1.82) is 0 Å². The van der Waals surface area contributed by atoms with Gasteiger partial charge in [-0.05, 0) is 61.6 Å². The summed E-state index contributed by atoms with van der Waals surface area (Å²) >= 11 is 8.65. The van der Waals surface area contributed by atoms with Crippen molar-refractivity contribution in [2.24, 2.45) is 5.10 Å². The predicted molar refractivity (Wildman–Crippen MR) is 124 cm³/mol. The van der Waals surface area contributed by atoms with Crippen LogP contribution in [0, 0.1) is 6.92 Å². The first-order chi connectivity index (χ1) is 14.0. The topological polar surface area (TPSA) is 62.7 Å². The summed E-state index contributed by atoms with van der Waals surface area (Å²) in [4.78, 5) is 12.5. The summed E-state index contributed by atoms with van der Waals surface area (Å²) in [5.41, 5.74) is 5.71. The molecule has 146 valence electrons. The lowest BCUT2D eigenvalue weighted by Crippen LogP contribution is -2.23. The monoisotopic (exact) mass is 467 g/mol. The largest absolute Gasteiger partial charge is 0.422 e. The van der Waals surface area contributed by atoms with E-state index in [1.165, 1.54) is 0 Å². The highest BCUT2D eigenvalue weighted by Gasteiger charge is 2.11. The average molecular weight is 468 g/mol. The third-order valence-electron chi connectivity index (χ3n) is 3.83. The molecule has 7 heteroatoms. The molecule has 0 aliphatic carbocycles. The number of ether oxygens (including phenoxy) is 1. The number of anilines is 1. The Bertz CT molecular complexity index is 1050. The molecule has 2 N–H and O–H groups in total. The van der Waals surface area contributed by atoms with E-state index in [9.17, 15) is 4.79 Å². The minimum absolute atomic E-state index is 0.348. The molecule has 3 aromatic rings. The van der Waals surface area contributed by atoms with Crippen molar-refractivity contribution in [2.75, 3.05) is 5.32 Å². The Balaban J connectivity index is 1.69. The molecule has 0 saturated carbocycles. The van der Waals surface area contributed by atoms with Crippen LogP contribution in [0.4, 0.5) is 5.69 Å². The Morgan fingerprint density at radius 2 is 1.86 bits per heavy atom. The van der Waals surface area contributed by atoms with Gasteiger partial charge in [-0.1, -0.05) is 51.8 Å². The number of nitrogens with one attached hydrogen (secondary N) is 2. The van der Waals surface area contributed by atoms with Crippen molar-refractivity contribution >= 4 is 51.1 Å². The van der Waals surface area contributed by atoms with Crippen LogP contribution in [0.1, 0.15) is 21.5 Å².